The second-order valence-electron chi connectivity index (χ2n) is 7.02. The maximum atomic E-state index is 12.8. The van der Waals surface area contributed by atoms with E-state index in [0.717, 1.165) is 11.3 Å². The fraction of sp³-hybridized carbons (Fsp3) is 0.240. The zero-order valence-corrected chi connectivity index (χ0v) is 18.2. The van der Waals surface area contributed by atoms with Gasteiger partial charge in [-0.3, -0.25) is 4.79 Å². The molecular weight excluding hydrogens is 404 g/mol. The number of carbonyl (C=O) groups is 1. The van der Waals surface area contributed by atoms with Crippen LogP contribution in [0, 0.1) is 11.3 Å². The molecule has 0 radical (unpaired) electrons. The van der Waals surface area contributed by atoms with Gasteiger partial charge in [0.25, 0.3) is 0 Å². The summed E-state index contributed by atoms with van der Waals surface area (Å²) in [6.45, 7) is 4.99. The minimum Gasteiger partial charge on any atom is -0.478 e. The highest BCUT2D eigenvalue weighted by Crippen LogP contribution is 2.32. The molecule has 0 fully saturated rings. The SMILES string of the molecule is CCOc1cc(C(C(N)=O)N(Cc2ccccc2)c2ccc(C#N)cc2)cc(OCC)n1. The number of primary amides is 1. The van der Waals surface area contributed by atoms with Crippen LogP contribution in [0.2, 0.25) is 0 Å². The molecule has 1 unspecified atom stereocenters. The fourth-order valence-corrected chi connectivity index (χ4v) is 3.44. The third-order valence-corrected chi connectivity index (χ3v) is 4.81. The number of aromatic nitrogens is 1. The lowest BCUT2D eigenvalue weighted by molar-refractivity contribution is -0.119. The summed E-state index contributed by atoms with van der Waals surface area (Å²) in [5, 5.41) is 9.17. The van der Waals surface area contributed by atoms with Crippen molar-refractivity contribution in [3.63, 3.8) is 0 Å². The molecule has 3 rings (SSSR count). The standard InChI is InChI=1S/C25H26N4O3/c1-3-31-22-14-20(15-23(28-22)32-4-2)24(25(27)30)29(17-19-8-6-5-7-9-19)21-12-10-18(16-26)11-13-21/h5-15,24H,3-4,17H2,1-2H3,(H2,27,30). The van der Waals surface area contributed by atoms with Crippen LogP contribution in [0.15, 0.2) is 66.7 Å². The molecule has 2 N–H and O–H groups in total. The molecule has 1 heterocycles. The van der Waals surface area contributed by atoms with Crippen LogP contribution < -0.4 is 20.1 Å². The Morgan fingerprint density at radius 2 is 1.62 bits per heavy atom. The van der Waals surface area contributed by atoms with Crippen LogP contribution in [0.1, 0.15) is 36.6 Å². The monoisotopic (exact) mass is 430 g/mol. The number of anilines is 1. The predicted octanol–water partition coefficient (Wildman–Crippen LogP) is 3.98. The van der Waals surface area contributed by atoms with Crippen LogP contribution in [0.3, 0.4) is 0 Å². The first-order valence-electron chi connectivity index (χ1n) is 10.4. The fourth-order valence-electron chi connectivity index (χ4n) is 3.44. The summed E-state index contributed by atoms with van der Waals surface area (Å²) in [6.07, 6.45) is 0. The van der Waals surface area contributed by atoms with Crippen LogP contribution in [0.5, 0.6) is 11.8 Å². The molecule has 0 aliphatic heterocycles. The van der Waals surface area contributed by atoms with Crippen LogP contribution in [-0.4, -0.2) is 24.1 Å². The molecule has 7 heteroatoms. The first-order valence-corrected chi connectivity index (χ1v) is 10.4. The number of carbonyl (C=O) groups excluding carboxylic acids is 1. The van der Waals surface area contributed by atoms with Crippen molar-refractivity contribution >= 4 is 11.6 Å². The van der Waals surface area contributed by atoms with E-state index in [1.54, 1.807) is 24.3 Å². The van der Waals surface area contributed by atoms with Gasteiger partial charge in [0.2, 0.25) is 17.7 Å². The summed E-state index contributed by atoms with van der Waals surface area (Å²) in [4.78, 5) is 19.0. The number of hydrogen-bond donors (Lipinski definition) is 1. The molecule has 1 aromatic heterocycles. The highest BCUT2D eigenvalue weighted by Gasteiger charge is 2.28. The smallest absolute Gasteiger partial charge is 0.244 e. The molecule has 3 aromatic rings. The van der Waals surface area contributed by atoms with Gasteiger partial charge in [-0.05, 0) is 49.2 Å². The minimum atomic E-state index is -0.815. The topological polar surface area (TPSA) is 101 Å². The number of nitrogens with two attached hydrogens (primary N) is 1. The Kier molecular flexibility index (Phi) is 7.65. The number of nitrogens with zero attached hydrogens (tertiary/aromatic N) is 3. The molecule has 0 bridgehead atoms. The molecule has 1 amide bonds. The lowest BCUT2D eigenvalue weighted by Crippen LogP contribution is -2.37. The van der Waals surface area contributed by atoms with E-state index in [4.69, 9.17) is 20.5 Å². The summed E-state index contributed by atoms with van der Waals surface area (Å²) in [5.74, 6) is 0.194. The molecule has 2 aromatic carbocycles. The first-order chi connectivity index (χ1) is 15.5. The molecule has 1 atom stereocenters. The Bertz CT molecular complexity index is 1050. The van der Waals surface area contributed by atoms with Crippen molar-refractivity contribution in [2.24, 2.45) is 5.73 Å². The van der Waals surface area contributed by atoms with E-state index in [9.17, 15) is 4.79 Å². The average Bonchev–Trinajstić information content (AvgIpc) is 2.79. The number of benzene rings is 2. The van der Waals surface area contributed by atoms with Gasteiger partial charge in [0.15, 0.2) is 0 Å². The van der Waals surface area contributed by atoms with E-state index < -0.39 is 11.9 Å². The Morgan fingerprint density at radius 1 is 1.03 bits per heavy atom. The van der Waals surface area contributed by atoms with Crippen LogP contribution in [0.4, 0.5) is 5.69 Å². The maximum Gasteiger partial charge on any atom is 0.244 e. The second kappa shape index (κ2) is 10.8. The van der Waals surface area contributed by atoms with Crippen molar-refractivity contribution in [3.05, 3.63) is 83.4 Å². The zero-order valence-electron chi connectivity index (χ0n) is 18.2. The van der Waals surface area contributed by atoms with Crippen molar-refractivity contribution < 1.29 is 14.3 Å². The third kappa shape index (κ3) is 5.55. The van der Waals surface area contributed by atoms with Crippen molar-refractivity contribution in [3.8, 4) is 17.8 Å². The third-order valence-electron chi connectivity index (χ3n) is 4.81. The summed E-state index contributed by atoms with van der Waals surface area (Å²) in [5.41, 5.74) is 8.83. The molecule has 0 saturated carbocycles. The Morgan fingerprint density at radius 3 is 2.12 bits per heavy atom. The molecule has 0 aliphatic rings. The van der Waals surface area contributed by atoms with Crippen molar-refractivity contribution in [2.75, 3.05) is 18.1 Å². The average molecular weight is 431 g/mol. The van der Waals surface area contributed by atoms with Gasteiger partial charge in [0, 0.05) is 24.4 Å². The number of nitriles is 1. The van der Waals surface area contributed by atoms with Gasteiger partial charge in [-0.2, -0.15) is 10.2 Å². The molecule has 0 aliphatic carbocycles. The van der Waals surface area contributed by atoms with E-state index in [2.05, 4.69) is 11.1 Å². The van der Waals surface area contributed by atoms with Gasteiger partial charge in [0.1, 0.15) is 6.04 Å². The van der Waals surface area contributed by atoms with E-state index >= 15 is 0 Å². The lowest BCUT2D eigenvalue weighted by Gasteiger charge is -2.32. The minimum absolute atomic E-state index is 0.360. The van der Waals surface area contributed by atoms with Gasteiger partial charge in [-0.1, -0.05) is 30.3 Å². The Balaban J connectivity index is 2.12. The van der Waals surface area contributed by atoms with Gasteiger partial charge in [-0.25, -0.2) is 0 Å². The maximum absolute atomic E-state index is 12.8. The van der Waals surface area contributed by atoms with Crippen molar-refractivity contribution in [1.29, 1.82) is 5.26 Å². The zero-order chi connectivity index (χ0) is 22.9. The van der Waals surface area contributed by atoms with Gasteiger partial charge < -0.3 is 20.1 Å². The van der Waals surface area contributed by atoms with Crippen LogP contribution in [0.25, 0.3) is 0 Å². The highest BCUT2D eigenvalue weighted by atomic mass is 16.5. The molecule has 0 saturated heterocycles. The quantitative estimate of drug-likeness (QED) is 0.522. The van der Waals surface area contributed by atoms with E-state index in [1.807, 2.05) is 61.2 Å². The Labute approximate surface area is 188 Å². The van der Waals surface area contributed by atoms with E-state index in [-0.39, 0.29) is 0 Å². The van der Waals surface area contributed by atoms with Crippen molar-refractivity contribution in [2.45, 2.75) is 26.4 Å². The number of rotatable bonds is 10. The molecule has 7 nitrogen and oxygen atoms in total. The van der Waals surface area contributed by atoms with E-state index in [1.165, 1.54) is 0 Å². The van der Waals surface area contributed by atoms with Crippen LogP contribution >= 0.6 is 0 Å². The Hall–Kier alpha value is -4.05. The largest absolute Gasteiger partial charge is 0.478 e. The predicted molar refractivity (Wildman–Crippen MR) is 122 cm³/mol. The van der Waals surface area contributed by atoms with E-state index in [0.29, 0.717) is 42.6 Å². The summed E-state index contributed by atoms with van der Waals surface area (Å²) < 4.78 is 11.2. The van der Waals surface area contributed by atoms with Gasteiger partial charge in [0.05, 0.1) is 24.8 Å². The second-order valence-corrected chi connectivity index (χ2v) is 7.02. The molecule has 32 heavy (non-hydrogen) atoms. The summed E-state index contributed by atoms with van der Waals surface area (Å²) in [7, 11) is 0. The number of amides is 1. The first kappa shape index (κ1) is 22.6. The van der Waals surface area contributed by atoms with Gasteiger partial charge >= 0.3 is 0 Å². The van der Waals surface area contributed by atoms with Crippen molar-refractivity contribution in [1.82, 2.24) is 4.98 Å². The molecular formula is C25H26N4O3. The number of pyridine rings is 1. The summed E-state index contributed by atoms with van der Waals surface area (Å²) in [6, 6.07) is 21.6. The molecule has 0 spiro atoms. The number of ether oxygens (including phenoxy) is 2. The lowest BCUT2D eigenvalue weighted by atomic mass is 10.0. The highest BCUT2D eigenvalue weighted by molar-refractivity contribution is 5.85. The molecule has 164 valence electrons. The number of hydrogen-bond acceptors (Lipinski definition) is 6. The van der Waals surface area contributed by atoms with Gasteiger partial charge in [-0.15, -0.1) is 0 Å². The van der Waals surface area contributed by atoms with Crippen LogP contribution in [-0.2, 0) is 11.3 Å². The normalized spacial score (nSPS) is 11.3. The summed E-state index contributed by atoms with van der Waals surface area (Å²) >= 11 is 0.